The molecule has 1 unspecified atom stereocenters. The lowest BCUT2D eigenvalue weighted by atomic mass is 10.0. The van der Waals surface area contributed by atoms with E-state index in [1.807, 2.05) is 109 Å². The first-order valence-corrected chi connectivity index (χ1v) is 40.7. The van der Waals surface area contributed by atoms with Gasteiger partial charge in [0.1, 0.15) is 60.0 Å². The maximum atomic E-state index is 14.7. The molecule has 0 fully saturated rings. The Morgan fingerprint density at radius 3 is 1.18 bits per heavy atom. The maximum absolute atomic E-state index is 14.7. The molecule has 4 aromatic carbocycles. The molecule has 8 rings (SSSR count). The fourth-order valence-electron chi connectivity index (χ4n) is 14.2. The molecule has 2 aliphatic rings. The minimum atomic E-state index is -1.48. The van der Waals surface area contributed by atoms with E-state index in [2.05, 4.69) is 73.1 Å². The molecule has 0 saturated carbocycles. The summed E-state index contributed by atoms with van der Waals surface area (Å²) >= 11 is 0. The van der Waals surface area contributed by atoms with Gasteiger partial charge < -0.3 is 88.5 Å². The molecule has 618 valence electrons. The van der Waals surface area contributed by atoms with Crippen LogP contribution in [0.2, 0.25) is 0 Å². The number of carbonyl (C=O) groups excluding carboxylic acids is 12. The molecule has 2 aliphatic heterocycles. The third kappa shape index (κ3) is 24.8. The van der Waals surface area contributed by atoms with Crippen molar-refractivity contribution in [1.29, 1.82) is 0 Å². The molecule has 0 saturated heterocycles. The monoisotopic (exact) mass is 1570 g/mol. The summed E-state index contributed by atoms with van der Waals surface area (Å²) in [5.74, 6) is -4.50. The first-order valence-electron chi connectivity index (χ1n) is 40.7. The molecule has 14 N–H and O–H groups in total. The van der Waals surface area contributed by atoms with Crippen molar-refractivity contribution < 1.29 is 57.5 Å². The summed E-state index contributed by atoms with van der Waals surface area (Å²) in [7, 11) is 3.41. The number of carbonyl (C=O) groups is 12. The van der Waals surface area contributed by atoms with E-state index in [1.165, 1.54) is 0 Å². The molecule has 114 heavy (non-hydrogen) atoms. The molecule has 0 bridgehead atoms. The van der Waals surface area contributed by atoms with Crippen LogP contribution in [-0.2, 0) is 74.1 Å². The summed E-state index contributed by atoms with van der Waals surface area (Å²) in [6.07, 6.45) is 5.10. The van der Waals surface area contributed by atoms with E-state index < -0.39 is 108 Å². The standard InChI is InChI=1S/C83H119N19O12/c1-11-25-55(84)73(104)94-67(29-15-5)77(108)98-69(79(110)97-68(30-16-6)78(109)96-65(27-13-3)75(106)86-42-24-44-102-48-54-46-52(36-38-59(54)88-57(18-8)83(102)114)81(112)100(10)50-71-91-62-33-21-22-34-63(62)92-71)39-40-72(103)93-66(28-14-4)76(107)95-64(26-12-2)74(105)85-41-23-43-101-47-53-45-51(35-37-58(53)87-56(17-7)82(101)113)80(111)99(9)49-70-89-60-31-19-20-32-61(60)90-70/h19-22,31-38,45-46,55-57,64-69,87-88H,11-18,23-30,39-44,47-50,84H2,1-10H3,(H,85,105)(H,86,106)(H,89,90)(H,91,92)(H,93,103)(H,94,104)(H,95,107)(H,96,109)(H,97,110)(H,98,108)/t55-,56-,57-,64-,65-,66-,67-,68-,69?/m0/s1. The van der Waals surface area contributed by atoms with Crippen molar-refractivity contribution in [3.63, 3.8) is 0 Å². The Hall–Kier alpha value is -11.0. The summed E-state index contributed by atoms with van der Waals surface area (Å²) < 4.78 is 0. The Balaban J connectivity index is 0.862. The van der Waals surface area contributed by atoms with E-state index in [9.17, 15) is 57.5 Å². The smallest absolute Gasteiger partial charge is 0.254 e. The lowest BCUT2D eigenvalue weighted by molar-refractivity contribution is -0.135. The van der Waals surface area contributed by atoms with Gasteiger partial charge >= 0.3 is 0 Å². The van der Waals surface area contributed by atoms with Gasteiger partial charge in [-0.2, -0.15) is 0 Å². The number of H-pyrrole nitrogens is 2. The fourth-order valence-corrected chi connectivity index (χ4v) is 14.2. The molecule has 6 aromatic rings. The van der Waals surface area contributed by atoms with Crippen LogP contribution < -0.4 is 58.9 Å². The number of nitrogens with one attached hydrogen (secondary N) is 12. The average Bonchev–Trinajstić information content (AvgIpc) is 1.61. The third-order valence-corrected chi connectivity index (χ3v) is 20.6. The van der Waals surface area contributed by atoms with Gasteiger partial charge in [-0.3, -0.25) is 57.5 Å². The summed E-state index contributed by atoms with van der Waals surface area (Å²) in [5.41, 5.74) is 13.4. The summed E-state index contributed by atoms with van der Waals surface area (Å²) in [5, 5.41) is 29.2. The van der Waals surface area contributed by atoms with Crippen LogP contribution in [0.3, 0.4) is 0 Å². The second-order valence-corrected chi connectivity index (χ2v) is 29.8. The normalized spacial score (nSPS) is 15.8. The van der Waals surface area contributed by atoms with Crippen molar-refractivity contribution >= 4 is 104 Å². The number of benzene rings is 4. The highest BCUT2D eigenvalue weighted by Crippen LogP contribution is 2.29. The maximum Gasteiger partial charge on any atom is 0.254 e. The minimum absolute atomic E-state index is 0.105. The Morgan fingerprint density at radius 1 is 0.456 bits per heavy atom. The summed E-state index contributed by atoms with van der Waals surface area (Å²) in [6.45, 7) is 16.6. The number of aromatic amines is 2. The number of anilines is 2. The number of para-hydroxylation sites is 4. The third-order valence-electron chi connectivity index (χ3n) is 20.6. The number of nitrogens with zero attached hydrogens (tertiary/aromatic N) is 6. The van der Waals surface area contributed by atoms with Crippen LogP contribution in [0.5, 0.6) is 0 Å². The molecule has 4 heterocycles. The largest absolute Gasteiger partial charge is 0.373 e. The number of hydrogen-bond donors (Lipinski definition) is 13. The first kappa shape index (κ1) is 88.6. The van der Waals surface area contributed by atoms with Crippen molar-refractivity contribution in [1.82, 2.24) is 82.1 Å². The number of rotatable bonds is 44. The molecule has 31 heteroatoms. The second kappa shape index (κ2) is 43.9. The molecule has 9 atom stereocenters. The van der Waals surface area contributed by atoms with Gasteiger partial charge in [0, 0.05) is 82.3 Å². The summed E-state index contributed by atoms with van der Waals surface area (Å²) in [6, 6.07) is 17.0. The number of fused-ring (bicyclic) bond motifs is 4. The molecule has 0 radical (unpaired) electrons. The van der Waals surface area contributed by atoms with E-state index in [1.54, 1.807) is 64.9 Å². The van der Waals surface area contributed by atoms with Crippen LogP contribution >= 0.6 is 0 Å². The molecular formula is C83H119N19O12. The minimum Gasteiger partial charge on any atom is -0.373 e. The lowest BCUT2D eigenvalue weighted by Crippen LogP contribution is -2.59. The number of aromatic nitrogens is 4. The van der Waals surface area contributed by atoms with Gasteiger partial charge in [0.05, 0.1) is 41.2 Å². The first-order chi connectivity index (χ1) is 54.8. The topological polar surface area (TPSA) is 421 Å². The number of imidazole rings is 2. The van der Waals surface area contributed by atoms with Crippen LogP contribution in [0.4, 0.5) is 11.4 Å². The van der Waals surface area contributed by atoms with Gasteiger partial charge in [-0.05, 0) is 142 Å². The molecule has 12 amide bonds. The molecule has 0 aliphatic carbocycles. The Bertz CT molecular complexity index is 4250. The van der Waals surface area contributed by atoms with Gasteiger partial charge in [0.2, 0.25) is 59.1 Å². The highest BCUT2D eigenvalue weighted by Gasteiger charge is 2.36. The van der Waals surface area contributed by atoms with Gasteiger partial charge in [0.25, 0.3) is 11.8 Å². The van der Waals surface area contributed by atoms with Crippen LogP contribution in [0.1, 0.15) is 214 Å². The van der Waals surface area contributed by atoms with Crippen LogP contribution in [0, 0.1) is 0 Å². The Kier molecular flexibility index (Phi) is 34.1. The molecule has 0 spiro atoms. The van der Waals surface area contributed by atoms with Crippen molar-refractivity contribution in [2.24, 2.45) is 5.73 Å². The molecule has 2 aromatic heterocycles. The van der Waals surface area contributed by atoms with Crippen molar-refractivity contribution in [3.8, 4) is 0 Å². The lowest BCUT2D eigenvalue weighted by Gasteiger charge is -2.27. The Labute approximate surface area is 667 Å². The van der Waals surface area contributed by atoms with Crippen molar-refractivity contribution in [3.05, 3.63) is 119 Å². The van der Waals surface area contributed by atoms with Crippen LogP contribution in [0.25, 0.3) is 22.1 Å². The quantitative estimate of drug-likeness (QED) is 0.0180. The number of nitrogens with two attached hydrogens (primary N) is 1. The van der Waals surface area contributed by atoms with Crippen molar-refractivity contribution in [2.75, 3.05) is 50.9 Å². The van der Waals surface area contributed by atoms with Gasteiger partial charge in [-0.1, -0.05) is 118 Å². The zero-order chi connectivity index (χ0) is 82.5. The highest BCUT2D eigenvalue weighted by molar-refractivity contribution is 5.99. The zero-order valence-corrected chi connectivity index (χ0v) is 67.8. The van der Waals surface area contributed by atoms with Gasteiger partial charge in [-0.15, -0.1) is 0 Å². The number of hydrogen-bond acceptors (Lipinski definition) is 17. The Morgan fingerprint density at radius 2 is 0.807 bits per heavy atom. The van der Waals surface area contributed by atoms with E-state index in [-0.39, 0.29) is 115 Å². The van der Waals surface area contributed by atoms with E-state index in [0.29, 0.717) is 93.4 Å². The zero-order valence-electron chi connectivity index (χ0n) is 67.8. The van der Waals surface area contributed by atoms with E-state index >= 15 is 0 Å². The summed E-state index contributed by atoms with van der Waals surface area (Å²) in [4.78, 5) is 191. The fraction of sp³-hybridized carbons (Fsp3) is 0.542. The van der Waals surface area contributed by atoms with Crippen LogP contribution in [0.15, 0.2) is 84.9 Å². The predicted molar refractivity (Wildman–Crippen MR) is 436 cm³/mol. The van der Waals surface area contributed by atoms with Crippen molar-refractivity contribution in [2.45, 2.75) is 252 Å². The van der Waals surface area contributed by atoms with E-state index in [4.69, 9.17) is 5.73 Å². The SMILES string of the molecule is CCC[C@H](NC(=O)CCC(NC(=O)[C@H](CCC)NC(=O)[C@@H](N)CCC)C(=O)N[C@@H](CCC)C(=O)N[C@@H](CCC)C(=O)NCCCN1Cc2cc(C(=O)N(C)Cc3nc4ccccc4[nH]3)ccc2N[C@@H](CC)C1=O)C(=O)N[C@@H](CCC)C(=O)NCCCN1Cc2cc(C(=O)N(C)Cc3nc4ccccc4[nH]3)ccc2N[C@@H](CC)C1=O. The van der Waals surface area contributed by atoms with Gasteiger partial charge in [-0.25, -0.2) is 9.97 Å². The highest BCUT2D eigenvalue weighted by atomic mass is 16.2. The van der Waals surface area contributed by atoms with E-state index in [0.717, 1.165) is 44.6 Å². The second-order valence-electron chi connectivity index (χ2n) is 29.8. The van der Waals surface area contributed by atoms with Crippen LogP contribution in [-0.4, -0.2) is 205 Å². The molecule has 31 nitrogen and oxygen atoms in total. The molecular weight excluding hydrogens is 1460 g/mol. The predicted octanol–water partition coefficient (Wildman–Crippen LogP) is 6.58. The number of amides is 12. The van der Waals surface area contributed by atoms with Gasteiger partial charge in [0.15, 0.2) is 0 Å². The average molecular weight is 1570 g/mol.